The molecule has 1 aliphatic heterocycles. The zero-order valence-corrected chi connectivity index (χ0v) is 17.2. The number of nitro groups is 1. The molecule has 0 aliphatic carbocycles. The summed E-state index contributed by atoms with van der Waals surface area (Å²) in [5.74, 6) is -2.53. The number of nitrogens with zero attached hydrogens (tertiary/aromatic N) is 2. The summed E-state index contributed by atoms with van der Waals surface area (Å²) in [5.41, 5.74) is -0.265. The molecule has 1 amide bonds. The maximum atomic E-state index is 13.7. The number of aliphatic hydroxyl groups excluding tert-OH is 1. The third-order valence-electron chi connectivity index (χ3n) is 5.01. The third-order valence-corrected chi connectivity index (χ3v) is 5.30. The van der Waals surface area contributed by atoms with Gasteiger partial charge in [-0.2, -0.15) is 0 Å². The number of non-ortho nitro benzene ring substituents is 1. The Bertz CT molecular complexity index is 1300. The number of halogens is 2. The summed E-state index contributed by atoms with van der Waals surface area (Å²) in [6, 6.07) is 10.4. The number of rotatable bonds is 4. The predicted octanol–water partition coefficient (Wildman–Crippen LogP) is 4.92. The molecule has 0 saturated carbocycles. The van der Waals surface area contributed by atoms with Gasteiger partial charge in [0.2, 0.25) is 0 Å². The normalized spacial score (nSPS) is 17.7. The van der Waals surface area contributed by atoms with E-state index in [0.717, 1.165) is 23.1 Å². The van der Waals surface area contributed by atoms with Crippen LogP contribution in [0, 0.1) is 22.9 Å². The lowest BCUT2D eigenvalue weighted by atomic mass is 9.99. The van der Waals surface area contributed by atoms with Crippen molar-refractivity contribution in [3.63, 3.8) is 0 Å². The molecule has 2 aromatic carbocycles. The van der Waals surface area contributed by atoms with Gasteiger partial charge in [-0.25, -0.2) is 4.39 Å². The fourth-order valence-electron chi connectivity index (χ4n) is 3.50. The standard InChI is InChI=1S/C22H14ClFN2O6/c1-11-2-9-17(32-11)19-18(20(27)12-3-5-13(6-4-12)26(30)31)21(28)22(29)25(19)14-7-8-16(24)15(23)10-14/h2-10,19,27H,1H3/b20-18-. The number of benzene rings is 2. The van der Waals surface area contributed by atoms with Gasteiger partial charge in [-0.05, 0) is 49.4 Å². The lowest BCUT2D eigenvalue weighted by Crippen LogP contribution is -2.29. The molecule has 10 heteroatoms. The highest BCUT2D eigenvalue weighted by atomic mass is 35.5. The molecule has 1 unspecified atom stereocenters. The van der Waals surface area contributed by atoms with E-state index in [4.69, 9.17) is 16.0 Å². The first-order valence-corrected chi connectivity index (χ1v) is 9.64. The van der Waals surface area contributed by atoms with E-state index in [9.17, 15) is 29.2 Å². The minimum absolute atomic E-state index is 0.0963. The number of furan rings is 1. The quantitative estimate of drug-likeness (QED) is 0.196. The molecular weight excluding hydrogens is 443 g/mol. The maximum Gasteiger partial charge on any atom is 0.300 e. The fourth-order valence-corrected chi connectivity index (χ4v) is 3.67. The molecule has 0 radical (unpaired) electrons. The van der Waals surface area contributed by atoms with Crippen LogP contribution < -0.4 is 4.90 Å². The average molecular weight is 457 g/mol. The van der Waals surface area contributed by atoms with Crippen molar-refractivity contribution < 1.29 is 28.4 Å². The van der Waals surface area contributed by atoms with Crippen molar-refractivity contribution in [3.8, 4) is 0 Å². The van der Waals surface area contributed by atoms with E-state index in [2.05, 4.69) is 0 Å². The van der Waals surface area contributed by atoms with Gasteiger partial charge >= 0.3 is 0 Å². The van der Waals surface area contributed by atoms with Crippen molar-refractivity contribution in [2.45, 2.75) is 13.0 Å². The highest BCUT2D eigenvalue weighted by Crippen LogP contribution is 2.43. The van der Waals surface area contributed by atoms with Crippen molar-refractivity contribution in [1.29, 1.82) is 0 Å². The number of Topliss-reactive ketones (excluding diaryl/α,β-unsaturated/α-hetero) is 1. The van der Waals surface area contributed by atoms with Gasteiger partial charge in [-0.3, -0.25) is 24.6 Å². The van der Waals surface area contributed by atoms with Crippen molar-refractivity contribution in [3.05, 3.63) is 98.2 Å². The van der Waals surface area contributed by atoms with Crippen LogP contribution in [0.5, 0.6) is 0 Å². The average Bonchev–Trinajstić information content (AvgIpc) is 3.31. The van der Waals surface area contributed by atoms with E-state index in [1.807, 2.05) is 0 Å². The number of ketones is 1. The van der Waals surface area contributed by atoms with Crippen LogP contribution >= 0.6 is 11.6 Å². The van der Waals surface area contributed by atoms with Crippen molar-refractivity contribution >= 4 is 40.4 Å². The summed E-state index contributed by atoms with van der Waals surface area (Å²) in [5, 5.41) is 21.6. The number of anilines is 1. The summed E-state index contributed by atoms with van der Waals surface area (Å²) in [7, 11) is 0. The Morgan fingerprint density at radius 3 is 2.41 bits per heavy atom. The van der Waals surface area contributed by atoms with Gasteiger partial charge in [0.15, 0.2) is 0 Å². The minimum atomic E-state index is -1.17. The second-order valence-electron chi connectivity index (χ2n) is 7.02. The fraction of sp³-hybridized carbons (Fsp3) is 0.0909. The molecule has 1 N–H and O–H groups in total. The first-order valence-electron chi connectivity index (χ1n) is 9.26. The number of aryl methyl sites for hydroxylation is 1. The maximum absolute atomic E-state index is 13.7. The smallest absolute Gasteiger partial charge is 0.300 e. The highest BCUT2D eigenvalue weighted by Gasteiger charge is 2.48. The van der Waals surface area contributed by atoms with E-state index in [1.54, 1.807) is 19.1 Å². The third kappa shape index (κ3) is 3.52. The Kier molecular flexibility index (Phi) is 5.27. The lowest BCUT2D eigenvalue weighted by Gasteiger charge is -2.23. The number of hydrogen-bond acceptors (Lipinski definition) is 6. The topological polar surface area (TPSA) is 114 Å². The summed E-state index contributed by atoms with van der Waals surface area (Å²) in [4.78, 5) is 37.3. The molecular formula is C22H14ClFN2O6. The second-order valence-corrected chi connectivity index (χ2v) is 7.43. The number of nitro benzene ring substituents is 1. The zero-order valence-electron chi connectivity index (χ0n) is 16.4. The van der Waals surface area contributed by atoms with Gasteiger partial charge in [0.1, 0.15) is 29.1 Å². The van der Waals surface area contributed by atoms with Crippen molar-refractivity contribution in [2.75, 3.05) is 4.90 Å². The summed E-state index contributed by atoms with van der Waals surface area (Å²) < 4.78 is 19.3. The van der Waals surface area contributed by atoms with E-state index < -0.39 is 34.2 Å². The largest absolute Gasteiger partial charge is 0.507 e. The molecule has 1 fully saturated rings. The van der Waals surface area contributed by atoms with Crippen molar-refractivity contribution in [1.82, 2.24) is 0 Å². The van der Waals surface area contributed by atoms with Gasteiger partial charge < -0.3 is 9.52 Å². The Balaban J connectivity index is 1.91. The Labute approximate surface area is 185 Å². The summed E-state index contributed by atoms with van der Waals surface area (Å²) in [6.45, 7) is 1.67. The number of aliphatic hydroxyl groups is 1. The van der Waals surface area contributed by atoms with E-state index >= 15 is 0 Å². The lowest BCUT2D eigenvalue weighted by molar-refractivity contribution is -0.384. The molecule has 2 heterocycles. The molecule has 3 aromatic rings. The van der Waals surface area contributed by atoms with E-state index in [-0.39, 0.29) is 33.3 Å². The van der Waals surface area contributed by atoms with E-state index in [1.165, 1.54) is 24.3 Å². The number of carbonyl (C=O) groups excluding carboxylic acids is 2. The minimum Gasteiger partial charge on any atom is -0.507 e. The molecule has 1 atom stereocenters. The molecule has 1 aromatic heterocycles. The molecule has 0 bridgehead atoms. The molecule has 162 valence electrons. The Morgan fingerprint density at radius 1 is 1.16 bits per heavy atom. The van der Waals surface area contributed by atoms with Gasteiger partial charge in [-0.1, -0.05) is 11.6 Å². The highest BCUT2D eigenvalue weighted by molar-refractivity contribution is 6.51. The summed E-state index contributed by atoms with van der Waals surface area (Å²) in [6.07, 6.45) is 0. The molecule has 1 saturated heterocycles. The van der Waals surface area contributed by atoms with Crippen LogP contribution in [0.4, 0.5) is 15.8 Å². The van der Waals surface area contributed by atoms with Crippen LogP contribution in [0.2, 0.25) is 5.02 Å². The van der Waals surface area contributed by atoms with Crippen LogP contribution in [0.25, 0.3) is 5.76 Å². The number of hydrogen-bond donors (Lipinski definition) is 1. The first kappa shape index (κ1) is 21.3. The first-order chi connectivity index (χ1) is 15.2. The Morgan fingerprint density at radius 2 is 1.84 bits per heavy atom. The van der Waals surface area contributed by atoms with Crippen LogP contribution in [0.3, 0.4) is 0 Å². The number of amides is 1. The van der Waals surface area contributed by atoms with Crippen molar-refractivity contribution in [2.24, 2.45) is 0 Å². The molecule has 8 nitrogen and oxygen atoms in total. The van der Waals surface area contributed by atoms with Gasteiger partial charge in [0, 0.05) is 23.4 Å². The molecule has 32 heavy (non-hydrogen) atoms. The van der Waals surface area contributed by atoms with Crippen LogP contribution in [-0.2, 0) is 9.59 Å². The Hall–Kier alpha value is -3.98. The monoisotopic (exact) mass is 456 g/mol. The van der Waals surface area contributed by atoms with Gasteiger partial charge in [-0.15, -0.1) is 0 Å². The van der Waals surface area contributed by atoms with Crippen LogP contribution in [-0.4, -0.2) is 21.7 Å². The molecule has 1 aliphatic rings. The van der Waals surface area contributed by atoms with Gasteiger partial charge in [0.05, 0.1) is 15.5 Å². The van der Waals surface area contributed by atoms with Crippen LogP contribution in [0.1, 0.15) is 23.1 Å². The molecule has 0 spiro atoms. The second kappa shape index (κ2) is 7.93. The SMILES string of the molecule is Cc1ccc(C2/C(=C(/O)c3ccc([N+](=O)[O-])cc3)C(=O)C(=O)N2c2ccc(F)c(Cl)c2)o1. The zero-order chi connectivity index (χ0) is 23.2. The number of carbonyl (C=O) groups is 2. The molecule has 4 rings (SSSR count). The summed E-state index contributed by atoms with van der Waals surface area (Å²) >= 11 is 5.87. The predicted molar refractivity (Wildman–Crippen MR) is 113 cm³/mol. The van der Waals surface area contributed by atoms with E-state index in [0.29, 0.717) is 5.76 Å². The van der Waals surface area contributed by atoms with Crippen LogP contribution in [0.15, 0.2) is 64.6 Å². The van der Waals surface area contributed by atoms with Gasteiger partial charge in [0.25, 0.3) is 17.4 Å².